The average Bonchev–Trinajstić information content (AvgIpc) is 2.91. The molecule has 0 spiro atoms. The predicted octanol–water partition coefficient (Wildman–Crippen LogP) is 4.58. The molecule has 0 unspecified atom stereocenters. The van der Waals surface area contributed by atoms with Gasteiger partial charge in [-0.3, -0.25) is 14.6 Å². The maximum atomic E-state index is 13.5. The van der Waals surface area contributed by atoms with Crippen LogP contribution in [-0.4, -0.2) is 43.7 Å². The molecule has 0 radical (unpaired) electrons. The van der Waals surface area contributed by atoms with Crippen molar-refractivity contribution in [1.82, 2.24) is 9.97 Å². The van der Waals surface area contributed by atoms with Gasteiger partial charge in [0.1, 0.15) is 29.0 Å². The number of aromatic carboxylic acids is 2. The van der Waals surface area contributed by atoms with E-state index in [4.69, 9.17) is 10.2 Å². The molecule has 0 aliphatic rings. The Morgan fingerprint density at radius 2 is 1.03 bits per heavy atom. The summed E-state index contributed by atoms with van der Waals surface area (Å²) < 4.78 is 53.0. The molecule has 0 saturated heterocycles. The number of aromatic nitrogens is 2. The molecule has 192 valence electrons. The minimum Gasteiger partial charge on any atom is -0.478 e. The van der Waals surface area contributed by atoms with Gasteiger partial charge in [0.25, 0.3) is 0 Å². The minimum absolute atomic E-state index is 0.292. The number of halogens is 4. The van der Waals surface area contributed by atoms with Gasteiger partial charge in [0, 0.05) is 12.4 Å². The summed E-state index contributed by atoms with van der Waals surface area (Å²) in [6, 6.07) is 9.80. The number of nitrogens with zero attached hydrogens (tertiary/aromatic N) is 2. The Morgan fingerprint density at radius 1 is 0.553 bits per heavy atom. The van der Waals surface area contributed by atoms with Crippen LogP contribution in [-0.2, 0) is 0 Å². The molecule has 8 nitrogen and oxygen atoms in total. The number of carboxylic acid groups (broad SMARTS) is 2. The summed E-state index contributed by atoms with van der Waals surface area (Å²) in [6.07, 6.45) is 2.40. The molecule has 0 bridgehead atoms. The van der Waals surface area contributed by atoms with Crippen molar-refractivity contribution in [2.45, 2.75) is 0 Å². The van der Waals surface area contributed by atoms with E-state index in [1.165, 1.54) is 36.7 Å². The van der Waals surface area contributed by atoms with Crippen molar-refractivity contribution in [2.75, 3.05) is 0 Å². The fourth-order valence-electron chi connectivity index (χ4n) is 3.13. The number of carbonyl (C=O) groups excluding carboxylic acids is 2. The number of hydrogen-bond acceptors (Lipinski definition) is 6. The lowest BCUT2D eigenvalue weighted by Gasteiger charge is -2.05. The van der Waals surface area contributed by atoms with Crippen LogP contribution in [0.25, 0.3) is 0 Å². The first kappa shape index (κ1) is 27.3. The molecule has 0 aliphatic carbocycles. The van der Waals surface area contributed by atoms with Crippen LogP contribution in [0.1, 0.15) is 52.8 Å². The zero-order chi connectivity index (χ0) is 28.0. The molecule has 2 N–H and O–H groups in total. The summed E-state index contributed by atoms with van der Waals surface area (Å²) >= 11 is 0. The number of carboxylic acids is 2. The Bertz CT molecular complexity index is 1460. The summed E-state index contributed by atoms with van der Waals surface area (Å²) in [5.74, 6) is -8.13. The third-order valence-corrected chi connectivity index (χ3v) is 4.85. The average molecular weight is 526 g/mol. The lowest BCUT2D eigenvalue weighted by atomic mass is 10.0. The third-order valence-electron chi connectivity index (χ3n) is 4.85. The van der Waals surface area contributed by atoms with Crippen molar-refractivity contribution < 1.29 is 47.0 Å². The van der Waals surface area contributed by atoms with Gasteiger partial charge in [-0.1, -0.05) is 0 Å². The molecular weight excluding hydrogens is 512 g/mol. The molecule has 0 amide bonds. The second-order valence-corrected chi connectivity index (χ2v) is 7.32. The summed E-state index contributed by atoms with van der Waals surface area (Å²) in [6.45, 7) is 0. The van der Waals surface area contributed by atoms with Gasteiger partial charge in [0.2, 0.25) is 5.78 Å². The van der Waals surface area contributed by atoms with Gasteiger partial charge in [0.05, 0.1) is 22.3 Å². The summed E-state index contributed by atoms with van der Waals surface area (Å²) in [5.41, 5.74) is -2.68. The topological polar surface area (TPSA) is 135 Å². The number of hydrogen-bond donors (Lipinski definition) is 2. The Labute approximate surface area is 210 Å². The molecule has 2 heterocycles. The lowest BCUT2D eigenvalue weighted by Crippen LogP contribution is -2.13. The number of pyridine rings is 2. The van der Waals surface area contributed by atoms with Gasteiger partial charge < -0.3 is 10.2 Å². The van der Waals surface area contributed by atoms with Crippen LogP contribution in [0.4, 0.5) is 17.6 Å². The predicted molar refractivity (Wildman–Crippen MR) is 122 cm³/mol. The molecule has 4 aromatic rings. The van der Waals surface area contributed by atoms with Crippen molar-refractivity contribution >= 4 is 23.5 Å². The van der Waals surface area contributed by atoms with Gasteiger partial charge in [-0.05, 0) is 60.7 Å². The Balaban J connectivity index is 0.000000211. The van der Waals surface area contributed by atoms with Crippen LogP contribution in [0, 0.1) is 23.3 Å². The third kappa shape index (κ3) is 6.10. The van der Waals surface area contributed by atoms with E-state index in [9.17, 15) is 36.7 Å². The SMILES string of the molecule is O=C(O)c1cccnc1C(=O)c1cc(F)ccc1F.O=C(c1cc(F)ccc1F)c1cccnc1C(=O)O. The van der Waals surface area contributed by atoms with Gasteiger partial charge >= 0.3 is 11.9 Å². The van der Waals surface area contributed by atoms with Crippen LogP contribution in [0.15, 0.2) is 73.1 Å². The molecular formula is C26H14F4N2O6. The van der Waals surface area contributed by atoms with E-state index < -0.39 is 69.3 Å². The zero-order valence-electron chi connectivity index (χ0n) is 18.9. The minimum atomic E-state index is -1.42. The largest absolute Gasteiger partial charge is 0.478 e. The highest BCUT2D eigenvalue weighted by molar-refractivity contribution is 6.14. The maximum Gasteiger partial charge on any atom is 0.355 e. The molecule has 0 saturated carbocycles. The summed E-state index contributed by atoms with van der Waals surface area (Å²) in [5, 5.41) is 17.8. The zero-order valence-corrected chi connectivity index (χ0v) is 18.9. The van der Waals surface area contributed by atoms with E-state index in [1.807, 2.05) is 0 Å². The highest BCUT2D eigenvalue weighted by Gasteiger charge is 2.23. The molecule has 38 heavy (non-hydrogen) atoms. The van der Waals surface area contributed by atoms with E-state index in [0.717, 1.165) is 30.3 Å². The summed E-state index contributed by atoms with van der Waals surface area (Å²) in [7, 11) is 0. The van der Waals surface area contributed by atoms with Gasteiger partial charge in [0.15, 0.2) is 11.5 Å². The van der Waals surface area contributed by atoms with Gasteiger partial charge in [-0.25, -0.2) is 32.1 Å². The fourth-order valence-corrected chi connectivity index (χ4v) is 3.13. The standard InChI is InChI=1S/2C13H7F2NO3/c14-7-3-4-10(15)9(6-7)12(17)11-8(13(18)19)2-1-5-16-11;14-7-3-4-10(15)9(6-7)12(17)8-2-1-5-16-11(8)13(18)19/h2*1-6H,(H,18,19). The fraction of sp³-hybridized carbons (Fsp3) is 0. The van der Waals surface area contributed by atoms with E-state index in [2.05, 4.69) is 9.97 Å². The molecule has 0 aliphatic heterocycles. The monoisotopic (exact) mass is 526 g/mol. The molecule has 12 heteroatoms. The normalized spacial score (nSPS) is 10.2. The molecule has 2 aromatic carbocycles. The summed E-state index contributed by atoms with van der Waals surface area (Å²) in [4.78, 5) is 53.1. The van der Waals surface area contributed by atoms with E-state index in [0.29, 0.717) is 6.07 Å². The van der Waals surface area contributed by atoms with Crippen molar-refractivity contribution in [3.05, 3.63) is 130 Å². The number of carbonyl (C=O) groups is 4. The maximum absolute atomic E-state index is 13.5. The van der Waals surface area contributed by atoms with Crippen molar-refractivity contribution in [1.29, 1.82) is 0 Å². The first-order valence-electron chi connectivity index (χ1n) is 10.4. The van der Waals surface area contributed by atoms with Crippen molar-refractivity contribution in [3.8, 4) is 0 Å². The van der Waals surface area contributed by atoms with Crippen LogP contribution in [0.2, 0.25) is 0 Å². The van der Waals surface area contributed by atoms with E-state index >= 15 is 0 Å². The Morgan fingerprint density at radius 3 is 1.53 bits per heavy atom. The van der Waals surface area contributed by atoms with Crippen molar-refractivity contribution in [3.63, 3.8) is 0 Å². The van der Waals surface area contributed by atoms with Gasteiger partial charge in [-0.2, -0.15) is 0 Å². The number of rotatable bonds is 6. The van der Waals surface area contributed by atoms with Gasteiger partial charge in [-0.15, -0.1) is 0 Å². The molecule has 0 fully saturated rings. The smallest absolute Gasteiger partial charge is 0.355 e. The lowest BCUT2D eigenvalue weighted by molar-refractivity contribution is 0.0679. The first-order valence-corrected chi connectivity index (χ1v) is 10.4. The second kappa shape index (κ2) is 11.6. The Kier molecular flexibility index (Phi) is 8.38. The quantitative estimate of drug-likeness (QED) is 0.276. The van der Waals surface area contributed by atoms with Crippen LogP contribution < -0.4 is 0 Å². The van der Waals surface area contributed by atoms with E-state index in [1.54, 1.807) is 0 Å². The van der Waals surface area contributed by atoms with Crippen LogP contribution in [0.3, 0.4) is 0 Å². The highest BCUT2D eigenvalue weighted by Crippen LogP contribution is 2.18. The Hall–Kier alpha value is -5.26. The molecule has 0 atom stereocenters. The second-order valence-electron chi connectivity index (χ2n) is 7.32. The van der Waals surface area contributed by atoms with E-state index in [-0.39, 0.29) is 11.1 Å². The number of ketones is 2. The molecule has 4 rings (SSSR count). The first-order chi connectivity index (χ1) is 18.0. The number of benzene rings is 2. The molecule has 2 aromatic heterocycles. The van der Waals surface area contributed by atoms with Crippen molar-refractivity contribution in [2.24, 2.45) is 0 Å². The van der Waals surface area contributed by atoms with Crippen LogP contribution >= 0.6 is 0 Å². The van der Waals surface area contributed by atoms with Crippen LogP contribution in [0.5, 0.6) is 0 Å². The highest BCUT2D eigenvalue weighted by atomic mass is 19.1.